The van der Waals surface area contributed by atoms with E-state index in [0.29, 0.717) is 23.9 Å². The van der Waals surface area contributed by atoms with Crippen molar-refractivity contribution >= 4 is 17.9 Å². The summed E-state index contributed by atoms with van der Waals surface area (Å²) in [5, 5.41) is 11.7. The van der Waals surface area contributed by atoms with Gasteiger partial charge in [0.2, 0.25) is 0 Å². The van der Waals surface area contributed by atoms with Gasteiger partial charge in [-0.05, 0) is 38.5 Å². The topological polar surface area (TPSA) is 111 Å². The maximum absolute atomic E-state index is 12.8. The Morgan fingerprint density at radius 1 is 0.468 bits per heavy atom. The molecule has 0 saturated heterocycles. The highest BCUT2D eigenvalue weighted by atomic mass is 16.7. The van der Waals surface area contributed by atoms with E-state index in [2.05, 4.69) is 26.0 Å². The number of carboxylic acids is 1. The smallest absolute Gasteiger partial charge is 0.306 e. The van der Waals surface area contributed by atoms with Crippen LogP contribution >= 0.6 is 0 Å². The number of esters is 2. The summed E-state index contributed by atoms with van der Waals surface area (Å²) in [7, 11) is 5.92. The molecule has 0 spiro atoms. The second-order valence-corrected chi connectivity index (χ2v) is 19.2. The number of ether oxygens (including phenoxy) is 4. The van der Waals surface area contributed by atoms with E-state index in [-0.39, 0.29) is 32.2 Å². The molecule has 0 N–H and O–H groups in total. The second kappa shape index (κ2) is 45.6. The van der Waals surface area contributed by atoms with Gasteiger partial charge in [0.15, 0.2) is 12.4 Å². The molecule has 9 heteroatoms. The van der Waals surface area contributed by atoms with E-state index >= 15 is 0 Å². The molecule has 0 aliphatic rings. The van der Waals surface area contributed by atoms with E-state index in [1.165, 1.54) is 180 Å². The van der Waals surface area contributed by atoms with E-state index in [1.807, 2.05) is 21.1 Å². The van der Waals surface area contributed by atoms with Crippen molar-refractivity contribution in [3.63, 3.8) is 0 Å². The summed E-state index contributed by atoms with van der Waals surface area (Å²) in [6.45, 7) is 4.78. The van der Waals surface area contributed by atoms with Crippen LogP contribution in [0.2, 0.25) is 0 Å². The number of aliphatic carboxylic acids is 1. The number of carbonyl (C=O) groups is 3. The molecule has 0 radical (unpaired) electrons. The Morgan fingerprint density at radius 2 is 0.823 bits per heavy atom. The average Bonchev–Trinajstić information content (AvgIpc) is 3.23. The van der Waals surface area contributed by atoms with Crippen LogP contribution in [-0.2, 0) is 33.3 Å². The molecular weight excluding hydrogens is 779 g/mol. The van der Waals surface area contributed by atoms with Crippen LogP contribution in [0.3, 0.4) is 0 Å². The quantitative estimate of drug-likeness (QED) is 0.0195. The van der Waals surface area contributed by atoms with Crippen LogP contribution in [0, 0.1) is 0 Å². The van der Waals surface area contributed by atoms with Crippen LogP contribution in [0.4, 0.5) is 0 Å². The first kappa shape index (κ1) is 60.0. The first-order valence-corrected chi connectivity index (χ1v) is 26.3. The number of hydrogen-bond donors (Lipinski definition) is 0. The maximum atomic E-state index is 12.8. The van der Waals surface area contributed by atoms with Gasteiger partial charge in [0.25, 0.3) is 0 Å². The van der Waals surface area contributed by atoms with E-state index < -0.39 is 24.3 Å². The van der Waals surface area contributed by atoms with Crippen LogP contribution in [-0.4, -0.2) is 82.3 Å². The number of hydrogen-bond acceptors (Lipinski definition) is 8. The summed E-state index contributed by atoms with van der Waals surface area (Å²) in [5.74, 6) is -2.27. The van der Waals surface area contributed by atoms with Gasteiger partial charge in [-0.1, -0.05) is 212 Å². The van der Waals surface area contributed by atoms with Gasteiger partial charge >= 0.3 is 11.9 Å². The predicted molar refractivity (Wildman–Crippen MR) is 256 cm³/mol. The number of carboxylic acid groups (broad SMARTS) is 1. The van der Waals surface area contributed by atoms with Crippen LogP contribution in [0.25, 0.3) is 0 Å². The van der Waals surface area contributed by atoms with Crippen molar-refractivity contribution in [2.24, 2.45) is 0 Å². The first-order valence-electron chi connectivity index (χ1n) is 26.3. The molecular formula is C53H101NO8. The monoisotopic (exact) mass is 880 g/mol. The first-order chi connectivity index (χ1) is 30.1. The molecule has 0 aliphatic carbocycles. The standard InChI is InChI=1S/C53H101NO8/c1-6-8-10-12-14-16-18-20-22-24-26-28-30-32-34-36-38-40-42-44-51(56)62-49(48-61-53(52(57)58)59-46-45-54(3,4)5)47-60-50(55)43-41-39-37-35-33-31-29-27-25-23-21-19-17-15-13-11-9-7-2/h20,22,49,53H,6-19,21,23-48H2,1-5H3/b22-20-. The van der Waals surface area contributed by atoms with Crippen molar-refractivity contribution in [3.8, 4) is 0 Å². The highest BCUT2D eigenvalue weighted by molar-refractivity contribution is 5.70. The molecule has 0 saturated carbocycles. The minimum absolute atomic E-state index is 0.151. The van der Waals surface area contributed by atoms with Crippen molar-refractivity contribution < 1.29 is 42.9 Å². The number of allylic oxidation sites excluding steroid dienone is 2. The van der Waals surface area contributed by atoms with E-state index in [4.69, 9.17) is 18.9 Å². The largest absolute Gasteiger partial charge is 0.545 e. The number of nitrogens with zero attached hydrogens (tertiary/aromatic N) is 1. The molecule has 0 aromatic carbocycles. The van der Waals surface area contributed by atoms with E-state index in [9.17, 15) is 19.5 Å². The number of quaternary nitrogens is 1. The van der Waals surface area contributed by atoms with Crippen molar-refractivity contribution in [3.05, 3.63) is 12.2 Å². The summed E-state index contributed by atoms with van der Waals surface area (Å²) >= 11 is 0. The van der Waals surface area contributed by atoms with Crippen LogP contribution in [0.15, 0.2) is 12.2 Å². The molecule has 2 unspecified atom stereocenters. The lowest BCUT2D eigenvalue weighted by Gasteiger charge is -2.26. The molecule has 2 atom stereocenters. The molecule has 0 fully saturated rings. The van der Waals surface area contributed by atoms with Crippen LogP contribution < -0.4 is 5.11 Å². The minimum Gasteiger partial charge on any atom is -0.545 e. The van der Waals surface area contributed by atoms with E-state index in [1.54, 1.807) is 0 Å². The minimum atomic E-state index is -1.62. The van der Waals surface area contributed by atoms with Gasteiger partial charge in [0.05, 0.1) is 40.3 Å². The molecule has 0 amide bonds. The summed E-state index contributed by atoms with van der Waals surface area (Å²) in [5.41, 5.74) is 0. The lowest BCUT2D eigenvalue weighted by Crippen LogP contribution is -2.44. The molecule has 0 aromatic rings. The zero-order valence-electron chi connectivity index (χ0n) is 41.5. The van der Waals surface area contributed by atoms with Crippen molar-refractivity contribution in [2.45, 2.75) is 264 Å². The Labute approximate surface area is 383 Å². The zero-order valence-corrected chi connectivity index (χ0v) is 41.5. The molecule has 0 aliphatic heterocycles. The summed E-state index contributed by atoms with van der Waals surface area (Å²) < 4.78 is 22.7. The highest BCUT2D eigenvalue weighted by Gasteiger charge is 2.22. The third-order valence-corrected chi connectivity index (χ3v) is 11.8. The van der Waals surface area contributed by atoms with Crippen LogP contribution in [0.1, 0.15) is 251 Å². The number of carbonyl (C=O) groups excluding carboxylic acids is 3. The maximum Gasteiger partial charge on any atom is 0.306 e. The SMILES string of the molecule is CCCCCCCC/C=C\CCCCCCCCCCCC(=O)OC(COC(=O)CCCCCCCCCCCCCCCCCCCC)COC(OCC[N+](C)(C)C)C(=O)[O-]. The van der Waals surface area contributed by atoms with Gasteiger partial charge in [0.1, 0.15) is 13.2 Å². The Morgan fingerprint density at radius 3 is 1.19 bits per heavy atom. The van der Waals surface area contributed by atoms with Crippen molar-refractivity contribution in [1.82, 2.24) is 0 Å². The van der Waals surface area contributed by atoms with Crippen molar-refractivity contribution in [2.75, 3.05) is 47.5 Å². The lowest BCUT2D eigenvalue weighted by molar-refractivity contribution is -0.870. The fourth-order valence-corrected chi connectivity index (χ4v) is 7.65. The van der Waals surface area contributed by atoms with Crippen LogP contribution in [0.5, 0.6) is 0 Å². The molecule has 366 valence electrons. The lowest BCUT2D eigenvalue weighted by atomic mass is 10.0. The zero-order chi connectivity index (χ0) is 45.6. The Bertz CT molecular complexity index is 1030. The number of rotatable bonds is 49. The number of likely N-dealkylation sites (N-methyl/N-ethyl adjacent to an activating group) is 1. The predicted octanol–water partition coefficient (Wildman–Crippen LogP) is 13.3. The summed E-state index contributed by atoms with van der Waals surface area (Å²) in [4.78, 5) is 37.2. The Balaban J connectivity index is 4.30. The highest BCUT2D eigenvalue weighted by Crippen LogP contribution is 2.16. The fourth-order valence-electron chi connectivity index (χ4n) is 7.65. The Kier molecular flexibility index (Phi) is 44.1. The normalized spacial score (nSPS) is 12.9. The molecule has 0 aromatic heterocycles. The molecule has 0 heterocycles. The third-order valence-electron chi connectivity index (χ3n) is 11.8. The van der Waals surface area contributed by atoms with Gasteiger partial charge in [-0.2, -0.15) is 0 Å². The van der Waals surface area contributed by atoms with Gasteiger partial charge in [0, 0.05) is 12.8 Å². The summed E-state index contributed by atoms with van der Waals surface area (Å²) in [6, 6.07) is 0. The Hall–Kier alpha value is -1.97. The molecule has 0 bridgehead atoms. The second-order valence-electron chi connectivity index (χ2n) is 19.2. The summed E-state index contributed by atoms with van der Waals surface area (Å²) in [6.07, 6.45) is 46.7. The van der Waals surface area contributed by atoms with Crippen molar-refractivity contribution in [1.29, 1.82) is 0 Å². The fraction of sp³-hybridized carbons (Fsp3) is 0.906. The number of unbranched alkanes of at least 4 members (excludes halogenated alkanes) is 32. The molecule has 9 nitrogen and oxygen atoms in total. The van der Waals surface area contributed by atoms with Gasteiger partial charge in [-0.3, -0.25) is 9.59 Å². The van der Waals surface area contributed by atoms with Gasteiger partial charge in [-0.15, -0.1) is 0 Å². The average molecular weight is 880 g/mol. The molecule has 62 heavy (non-hydrogen) atoms. The third kappa shape index (κ3) is 46.0. The van der Waals surface area contributed by atoms with Gasteiger partial charge in [-0.25, -0.2) is 0 Å². The van der Waals surface area contributed by atoms with Gasteiger partial charge < -0.3 is 33.3 Å². The van der Waals surface area contributed by atoms with E-state index in [0.717, 1.165) is 38.5 Å². The molecule has 0 rings (SSSR count).